The number of ether oxygens (including phenoxy) is 3. The summed E-state index contributed by atoms with van der Waals surface area (Å²) in [4.78, 5) is 12.0. The first kappa shape index (κ1) is 20.3. The highest BCUT2D eigenvalue weighted by atomic mass is 35.5. The molecule has 1 aliphatic heterocycles. The number of benzene rings is 1. The lowest BCUT2D eigenvalue weighted by molar-refractivity contribution is -0.153. The molecule has 5 nitrogen and oxygen atoms in total. The average molecular weight is 396 g/mol. The number of amides is 1. The van der Waals surface area contributed by atoms with E-state index in [0.717, 1.165) is 18.4 Å². The first-order chi connectivity index (χ1) is 12.8. The topological polar surface area (TPSA) is 56.8 Å². The zero-order valence-electron chi connectivity index (χ0n) is 16.8. The summed E-state index contributed by atoms with van der Waals surface area (Å²) in [6.45, 7) is 5.99. The van der Waals surface area contributed by atoms with E-state index in [-0.39, 0.29) is 23.7 Å². The largest absolute Gasteiger partial charge is 0.493 e. The number of fused-ring (bicyclic) bond motifs is 1. The third-order valence-electron chi connectivity index (χ3n) is 6.10. The monoisotopic (exact) mass is 395 g/mol. The molecule has 2 fully saturated rings. The third-order valence-corrected chi connectivity index (χ3v) is 6.32. The second kappa shape index (κ2) is 7.88. The van der Waals surface area contributed by atoms with Gasteiger partial charge in [0.05, 0.1) is 26.4 Å². The molecule has 3 rings (SSSR count). The maximum absolute atomic E-state index is 12.0. The predicted octanol–water partition coefficient (Wildman–Crippen LogP) is 4.52. The molecule has 1 amide bonds. The highest BCUT2D eigenvalue weighted by Crippen LogP contribution is 2.50. The predicted molar refractivity (Wildman–Crippen MR) is 106 cm³/mol. The molecule has 6 heteroatoms. The van der Waals surface area contributed by atoms with Crippen molar-refractivity contribution in [2.75, 3.05) is 14.2 Å². The van der Waals surface area contributed by atoms with Crippen molar-refractivity contribution in [3.05, 3.63) is 22.7 Å². The second-order valence-corrected chi connectivity index (χ2v) is 8.66. The molecule has 1 heterocycles. The van der Waals surface area contributed by atoms with Crippen LogP contribution in [0.3, 0.4) is 0 Å². The number of methoxy groups -OCH3 is 2. The van der Waals surface area contributed by atoms with Crippen LogP contribution in [0.5, 0.6) is 11.5 Å². The molecule has 0 spiro atoms. The minimum atomic E-state index is -0.333. The summed E-state index contributed by atoms with van der Waals surface area (Å²) in [6, 6.07) is 3.62. The third kappa shape index (κ3) is 4.04. The minimum absolute atomic E-state index is 0.00818. The van der Waals surface area contributed by atoms with Crippen molar-refractivity contribution in [3.8, 4) is 11.5 Å². The second-order valence-electron chi connectivity index (χ2n) is 8.22. The van der Waals surface area contributed by atoms with Crippen LogP contribution in [0, 0.1) is 11.8 Å². The van der Waals surface area contributed by atoms with Gasteiger partial charge in [-0.3, -0.25) is 4.79 Å². The van der Waals surface area contributed by atoms with Gasteiger partial charge in [-0.25, -0.2) is 0 Å². The Hall–Kier alpha value is -1.46. The van der Waals surface area contributed by atoms with Crippen molar-refractivity contribution < 1.29 is 19.0 Å². The highest BCUT2D eigenvalue weighted by Gasteiger charge is 2.49. The van der Waals surface area contributed by atoms with Crippen molar-refractivity contribution in [1.29, 1.82) is 0 Å². The molecule has 5 atom stereocenters. The van der Waals surface area contributed by atoms with Crippen molar-refractivity contribution in [2.45, 2.75) is 64.2 Å². The van der Waals surface area contributed by atoms with E-state index in [4.69, 9.17) is 25.8 Å². The molecule has 1 aromatic rings. The quantitative estimate of drug-likeness (QED) is 0.814. The average Bonchev–Trinajstić information content (AvgIpc) is 2.59. The summed E-state index contributed by atoms with van der Waals surface area (Å²) in [5.74, 6) is 2.14. The normalized spacial score (nSPS) is 33.1. The number of halogens is 1. The Bertz CT molecular complexity index is 710. The first-order valence-corrected chi connectivity index (χ1v) is 10.0. The molecule has 1 N–H and O–H groups in total. The molecule has 0 aromatic heterocycles. The van der Waals surface area contributed by atoms with E-state index in [1.807, 2.05) is 6.07 Å². The lowest BCUT2D eigenvalue weighted by atomic mass is 9.66. The van der Waals surface area contributed by atoms with Gasteiger partial charge in [-0.2, -0.15) is 0 Å². The van der Waals surface area contributed by atoms with Crippen LogP contribution in [-0.2, 0) is 9.53 Å². The highest BCUT2D eigenvalue weighted by molar-refractivity contribution is 6.30. The molecule has 1 aliphatic carbocycles. The molecular weight excluding hydrogens is 366 g/mol. The molecule has 0 unspecified atom stereocenters. The molecule has 0 radical (unpaired) electrons. The Labute approximate surface area is 166 Å². The summed E-state index contributed by atoms with van der Waals surface area (Å²) >= 11 is 6.33. The fourth-order valence-corrected chi connectivity index (χ4v) is 5.15. The molecule has 150 valence electrons. The van der Waals surface area contributed by atoms with Crippen LogP contribution >= 0.6 is 11.6 Å². The molecule has 1 aromatic carbocycles. The van der Waals surface area contributed by atoms with Crippen LogP contribution < -0.4 is 14.8 Å². The van der Waals surface area contributed by atoms with Crippen LogP contribution in [0.1, 0.15) is 58.1 Å². The van der Waals surface area contributed by atoms with Gasteiger partial charge in [0.25, 0.3) is 0 Å². The number of nitrogens with one attached hydrogen (secondary N) is 1. The van der Waals surface area contributed by atoms with Gasteiger partial charge in [-0.1, -0.05) is 24.9 Å². The van der Waals surface area contributed by atoms with Gasteiger partial charge >= 0.3 is 0 Å². The van der Waals surface area contributed by atoms with Gasteiger partial charge in [0.2, 0.25) is 5.91 Å². The number of hydrogen-bond acceptors (Lipinski definition) is 4. The summed E-state index contributed by atoms with van der Waals surface area (Å²) in [5.41, 5.74) is 0.537. The van der Waals surface area contributed by atoms with Crippen LogP contribution in [0.25, 0.3) is 0 Å². The van der Waals surface area contributed by atoms with E-state index in [0.29, 0.717) is 34.8 Å². The van der Waals surface area contributed by atoms with Gasteiger partial charge < -0.3 is 19.5 Å². The first-order valence-electron chi connectivity index (χ1n) is 9.63. The fourth-order valence-electron chi connectivity index (χ4n) is 4.93. The van der Waals surface area contributed by atoms with Crippen molar-refractivity contribution in [3.63, 3.8) is 0 Å². The number of carbonyl (C=O) groups excluding carboxylic acids is 1. The van der Waals surface area contributed by atoms with E-state index in [1.165, 1.54) is 6.42 Å². The fraction of sp³-hybridized carbons (Fsp3) is 0.667. The minimum Gasteiger partial charge on any atom is -0.493 e. The zero-order valence-corrected chi connectivity index (χ0v) is 17.6. The SMILES string of the molecule is COc1cc(Cl)cc([C@H]2C[C@](C)(NC(C)=O)[C@@H]3CC[C@@H](C)C[C@H]3O2)c1OC. The molecular formula is C21H30ClNO4. The van der Waals surface area contributed by atoms with Gasteiger partial charge in [0.15, 0.2) is 11.5 Å². The van der Waals surface area contributed by atoms with E-state index in [2.05, 4.69) is 19.2 Å². The van der Waals surface area contributed by atoms with E-state index in [1.54, 1.807) is 27.2 Å². The molecule has 2 aliphatic rings. The standard InChI is InChI=1S/C21H30ClNO4/c1-12-6-7-16-17(8-12)27-19(11-21(16,3)23-13(2)24)15-9-14(22)10-18(25-4)20(15)26-5/h9-10,12,16-17,19H,6-8,11H2,1-5H3,(H,23,24)/t12-,16-,17-,19-,21+/m1/s1. The van der Waals surface area contributed by atoms with Crippen LogP contribution in [-0.4, -0.2) is 31.8 Å². The summed E-state index contributed by atoms with van der Waals surface area (Å²) in [6.07, 6.45) is 3.76. The van der Waals surface area contributed by atoms with E-state index < -0.39 is 0 Å². The van der Waals surface area contributed by atoms with E-state index >= 15 is 0 Å². The lowest BCUT2D eigenvalue weighted by Crippen LogP contribution is -2.60. The van der Waals surface area contributed by atoms with Gasteiger partial charge in [-0.15, -0.1) is 0 Å². The Morgan fingerprint density at radius 2 is 2.04 bits per heavy atom. The van der Waals surface area contributed by atoms with Crippen LogP contribution in [0.4, 0.5) is 0 Å². The number of hydrogen-bond donors (Lipinski definition) is 1. The smallest absolute Gasteiger partial charge is 0.217 e. The molecule has 1 saturated carbocycles. The van der Waals surface area contributed by atoms with Crippen molar-refractivity contribution in [1.82, 2.24) is 5.32 Å². The Kier molecular flexibility index (Phi) is 5.92. The molecule has 0 bridgehead atoms. The maximum Gasteiger partial charge on any atom is 0.217 e. The summed E-state index contributed by atoms with van der Waals surface area (Å²) in [7, 11) is 3.22. The van der Waals surface area contributed by atoms with Crippen LogP contribution in [0.15, 0.2) is 12.1 Å². The lowest BCUT2D eigenvalue weighted by Gasteiger charge is -2.52. The van der Waals surface area contributed by atoms with Gasteiger partial charge in [0, 0.05) is 41.5 Å². The van der Waals surface area contributed by atoms with Crippen LogP contribution in [0.2, 0.25) is 5.02 Å². The van der Waals surface area contributed by atoms with E-state index in [9.17, 15) is 4.79 Å². The van der Waals surface area contributed by atoms with Crippen molar-refractivity contribution >= 4 is 17.5 Å². The number of carbonyl (C=O) groups is 1. The van der Waals surface area contributed by atoms with Gasteiger partial charge in [0.1, 0.15) is 0 Å². The zero-order chi connectivity index (χ0) is 19.8. The maximum atomic E-state index is 12.0. The Morgan fingerprint density at radius 1 is 1.30 bits per heavy atom. The van der Waals surface area contributed by atoms with Gasteiger partial charge in [-0.05, 0) is 31.7 Å². The molecule has 1 saturated heterocycles. The molecule has 27 heavy (non-hydrogen) atoms. The number of rotatable bonds is 4. The summed E-state index contributed by atoms with van der Waals surface area (Å²) in [5, 5.41) is 3.80. The Balaban J connectivity index is 2.01. The Morgan fingerprint density at radius 3 is 2.67 bits per heavy atom. The van der Waals surface area contributed by atoms with Crippen molar-refractivity contribution in [2.24, 2.45) is 11.8 Å². The summed E-state index contributed by atoms with van der Waals surface area (Å²) < 4.78 is 17.7.